The zero-order valence-electron chi connectivity index (χ0n) is 12.7. The van der Waals surface area contributed by atoms with E-state index in [9.17, 15) is 4.79 Å². The molecule has 0 aliphatic rings. The molecule has 0 saturated carbocycles. The summed E-state index contributed by atoms with van der Waals surface area (Å²) in [5, 5.41) is -0.104. The molecule has 0 aliphatic heterocycles. The lowest BCUT2D eigenvalue weighted by atomic mass is 10.2. The van der Waals surface area contributed by atoms with Crippen LogP contribution in [0, 0.1) is 6.92 Å². The molecule has 0 spiro atoms. The first-order chi connectivity index (χ1) is 10.1. The molecule has 2 nitrogen and oxygen atoms in total. The van der Waals surface area contributed by atoms with E-state index in [1.807, 2.05) is 49.1 Å². The maximum atomic E-state index is 12.7. The largest absolute Gasteiger partial charge is 0.312 e. The summed E-state index contributed by atoms with van der Waals surface area (Å²) in [6, 6.07) is 18.1. The summed E-state index contributed by atoms with van der Waals surface area (Å²) in [5.74, 6) is 0.147. The van der Waals surface area contributed by atoms with Crippen molar-refractivity contribution in [3.8, 4) is 0 Å². The number of amides is 1. The van der Waals surface area contributed by atoms with Crippen LogP contribution in [0.15, 0.2) is 59.5 Å². The zero-order chi connectivity index (χ0) is 15.2. The van der Waals surface area contributed by atoms with Gasteiger partial charge in [-0.05, 0) is 45.0 Å². The molecular weight excluding hydrogens is 278 g/mol. The first kappa shape index (κ1) is 15.6. The molecule has 0 bridgehead atoms. The van der Waals surface area contributed by atoms with Crippen LogP contribution in [-0.4, -0.2) is 17.7 Å². The second-order valence-corrected chi connectivity index (χ2v) is 6.41. The van der Waals surface area contributed by atoms with Gasteiger partial charge in [0.25, 0.3) is 0 Å². The van der Waals surface area contributed by atoms with Crippen molar-refractivity contribution in [2.45, 2.75) is 30.9 Å². The number of nitrogens with zero attached hydrogens (tertiary/aromatic N) is 1. The fourth-order valence-corrected chi connectivity index (χ4v) is 3.09. The van der Waals surface area contributed by atoms with E-state index in [0.29, 0.717) is 6.54 Å². The Morgan fingerprint density at radius 2 is 1.71 bits per heavy atom. The third-order valence-electron chi connectivity index (χ3n) is 3.33. The van der Waals surface area contributed by atoms with Gasteiger partial charge >= 0.3 is 0 Å². The summed E-state index contributed by atoms with van der Waals surface area (Å²) in [6.45, 7) is 6.73. The Hall–Kier alpha value is -1.74. The van der Waals surface area contributed by atoms with Gasteiger partial charge in [-0.3, -0.25) is 4.79 Å². The first-order valence-corrected chi connectivity index (χ1v) is 8.09. The molecule has 0 aliphatic carbocycles. The summed E-state index contributed by atoms with van der Waals surface area (Å²) in [4.78, 5) is 15.6. The van der Waals surface area contributed by atoms with Crippen LogP contribution in [0.1, 0.15) is 19.4 Å². The molecule has 1 atom stereocenters. The van der Waals surface area contributed by atoms with Crippen LogP contribution >= 0.6 is 11.8 Å². The van der Waals surface area contributed by atoms with Crippen LogP contribution in [0.4, 0.5) is 5.69 Å². The highest BCUT2D eigenvalue weighted by Crippen LogP contribution is 2.26. The molecule has 0 heterocycles. The Labute approximate surface area is 131 Å². The highest BCUT2D eigenvalue weighted by atomic mass is 32.2. The van der Waals surface area contributed by atoms with Gasteiger partial charge in [-0.25, -0.2) is 0 Å². The van der Waals surface area contributed by atoms with Crippen LogP contribution in [0.2, 0.25) is 0 Å². The molecule has 3 heteroatoms. The molecule has 21 heavy (non-hydrogen) atoms. The maximum Gasteiger partial charge on any atom is 0.240 e. The standard InChI is InChI=1S/C18H21NOS/c1-4-19(16-8-6-5-7-9-16)18(20)15(3)21-17-12-10-14(2)11-13-17/h5-13,15H,4H2,1-3H3. The van der Waals surface area contributed by atoms with E-state index in [0.717, 1.165) is 10.6 Å². The Morgan fingerprint density at radius 3 is 2.29 bits per heavy atom. The van der Waals surface area contributed by atoms with Crippen LogP contribution in [0.5, 0.6) is 0 Å². The predicted octanol–water partition coefficient (Wildman–Crippen LogP) is 4.53. The van der Waals surface area contributed by atoms with Crippen LogP contribution in [0.25, 0.3) is 0 Å². The maximum absolute atomic E-state index is 12.7. The summed E-state index contributed by atoms with van der Waals surface area (Å²) >= 11 is 1.61. The van der Waals surface area contributed by atoms with Crippen molar-refractivity contribution in [3.63, 3.8) is 0 Å². The molecular formula is C18H21NOS. The molecule has 1 unspecified atom stereocenters. The van der Waals surface area contributed by atoms with Gasteiger partial charge in [0.05, 0.1) is 5.25 Å². The van der Waals surface area contributed by atoms with Gasteiger partial charge in [0.15, 0.2) is 0 Å². The number of anilines is 1. The lowest BCUT2D eigenvalue weighted by Crippen LogP contribution is -2.36. The van der Waals surface area contributed by atoms with Gasteiger partial charge in [-0.15, -0.1) is 11.8 Å². The number of hydrogen-bond acceptors (Lipinski definition) is 2. The smallest absolute Gasteiger partial charge is 0.240 e. The molecule has 2 aromatic rings. The number of rotatable bonds is 5. The van der Waals surface area contributed by atoms with Crippen LogP contribution in [-0.2, 0) is 4.79 Å². The van der Waals surface area contributed by atoms with Gasteiger partial charge in [0, 0.05) is 17.1 Å². The minimum atomic E-state index is -0.104. The molecule has 0 N–H and O–H groups in total. The normalized spacial score (nSPS) is 12.0. The fourth-order valence-electron chi connectivity index (χ4n) is 2.16. The van der Waals surface area contributed by atoms with Crippen molar-refractivity contribution in [2.75, 3.05) is 11.4 Å². The second-order valence-electron chi connectivity index (χ2n) is 4.99. The Bertz CT molecular complexity index is 580. The zero-order valence-corrected chi connectivity index (χ0v) is 13.6. The van der Waals surface area contributed by atoms with Gasteiger partial charge in [0.2, 0.25) is 5.91 Å². The Morgan fingerprint density at radius 1 is 1.10 bits per heavy atom. The number of aryl methyl sites for hydroxylation is 1. The summed E-state index contributed by atoms with van der Waals surface area (Å²) < 4.78 is 0. The highest BCUT2D eigenvalue weighted by molar-refractivity contribution is 8.00. The molecule has 2 rings (SSSR count). The summed E-state index contributed by atoms with van der Waals surface area (Å²) in [5.41, 5.74) is 2.19. The average Bonchev–Trinajstić information content (AvgIpc) is 2.51. The van der Waals surface area contributed by atoms with Crippen molar-refractivity contribution in [1.29, 1.82) is 0 Å². The average molecular weight is 299 g/mol. The van der Waals surface area contributed by atoms with E-state index in [-0.39, 0.29) is 11.2 Å². The predicted molar refractivity (Wildman–Crippen MR) is 91.0 cm³/mol. The topological polar surface area (TPSA) is 20.3 Å². The van der Waals surface area contributed by atoms with E-state index < -0.39 is 0 Å². The molecule has 110 valence electrons. The van der Waals surface area contributed by atoms with Crippen molar-refractivity contribution < 1.29 is 4.79 Å². The third-order valence-corrected chi connectivity index (χ3v) is 4.43. The molecule has 0 aromatic heterocycles. The van der Waals surface area contributed by atoms with E-state index in [1.165, 1.54) is 5.56 Å². The van der Waals surface area contributed by atoms with Crippen molar-refractivity contribution in [1.82, 2.24) is 0 Å². The second kappa shape index (κ2) is 7.32. The quantitative estimate of drug-likeness (QED) is 0.756. The van der Waals surface area contributed by atoms with Crippen LogP contribution in [0.3, 0.4) is 0 Å². The lowest BCUT2D eigenvalue weighted by molar-refractivity contribution is -0.117. The summed E-state index contributed by atoms with van der Waals surface area (Å²) in [6.07, 6.45) is 0. The molecule has 1 amide bonds. The molecule has 2 aromatic carbocycles. The van der Waals surface area contributed by atoms with Gasteiger partial charge in [-0.1, -0.05) is 35.9 Å². The number of carbonyl (C=O) groups excluding carboxylic acids is 1. The first-order valence-electron chi connectivity index (χ1n) is 7.21. The highest BCUT2D eigenvalue weighted by Gasteiger charge is 2.21. The SMILES string of the molecule is CCN(C(=O)C(C)Sc1ccc(C)cc1)c1ccccc1. The third kappa shape index (κ3) is 4.11. The van der Waals surface area contributed by atoms with E-state index in [1.54, 1.807) is 11.8 Å². The molecule has 0 radical (unpaired) electrons. The van der Waals surface area contributed by atoms with Crippen molar-refractivity contribution in [2.24, 2.45) is 0 Å². The van der Waals surface area contributed by atoms with E-state index in [2.05, 4.69) is 31.2 Å². The fraction of sp³-hybridized carbons (Fsp3) is 0.278. The molecule has 0 fully saturated rings. The van der Waals surface area contributed by atoms with Crippen LogP contribution < -0.4 is 4.90 Å². The van der Waals surface area contributed by atoms with Gasteiger partial charge < -0.3 is 4.90 Å². The number of benzene rings is 2. The van der Waals surface area contributed by atoms with E-state index >= 15 is 0 Å². The number of thioether (sulfide) groups is 1. The monoisotopic (exact) mass is 299 g/mol. The lowest BCUT2D eigenvalue weighted by Gasteiger charge is -2.24. The van der Waals surface area contributed by atoms with Gasteiger partial charge in [0.1, 0.15) is 0 Å². The molecule has 0 saturated heterocycles. The minimum Gasteiger partial charge on any atom is -0.312 e. The van der Waals surface area contributed by atoms with Crippen molar-refractivity contribution >= 4 is 23.4 Å². The number of carbonyl (C=O) groups is 1. The Balaban J connectivity index is 2.08. The van der Waals surface area contributed by atoms with E-state index in [4.69, 9.17) is 0 Å². The number of hydrogen-bond donors (Lipinski definition) is 0. The Kier molecular flexibility index (Phi) is 5.45. The summed E-state index contributed by atoms with van der Waals surface area (Å²) in [7, 11) is 0. The van der Waals surface area contributed by atoms with Gasteiger partial charge in [-0.2, -0.15) is 0 Å². The minimum absolute atomic E-state index is 0.104. The number of para-hydroxylation sites is 1. The van der Waals surface area contributed by atoms with Crippen molar-refractivity contribution in [3.05, 3.63) is 60.2 Å².